The van der Waals surface area contributed by atoms with Crippen LogP contribution in [0.1, 0.15) is 42.7 Å². The Hall–Kier alpha value is -3.39. The molecule has 2 aromatic carbocycles. The van der Waals surface area contributed by atoms with Crippen molar-refractivity contribution in [1.29, 1.82) is 0 Å². The second-order valence-corrected chi connectivity index (χ2v) is 9.82. The van der Waals surface area contributed by atoms with Gasteiger partial charge in [0, 0.05) is 26.1 Å². The van der Waals surface area contributed by atoms with Gasteiger partial charge in [0.1, 0.15) is 12.1 Å². The number of carbonyl (C=O) groups is 3. The zero-order chi connectivity index (χ0) is 24.6. The molecule has 2 N–H and O–H groups in total. The van der Waals surface area contributed by atoms with Crippen LogP contribution in [-0.4, -0.2) is 66.9 Å². The maximum Gasteiger partial charge on any atom is 0.407 e. The molecule has 8 nitrogen and oxygen atoms in total. The number of likely N-dealkylation sites (N-methyl/N-ethyl adjacent to an activating group) is 1. The van der Waals surface area contributed by atoms with Crippen molar-refractivity contribution in [3.05, 3.63) is 59.7 Å². The lowest BCUT2D eigenvalue weighted by atomic mass is 9.80. The van der Waals surface area contributed by atoms with E-state index in [1.54, 1.807) is 0 Å². The zero-order valence-corrected chi connectivity index (χ0v) is 19.8. The fourth-order valence-corrected chi connectivity index (χ4v) is 5.49. The summed E-state index contributed by atoms with van der Waals surface area (Å²) in [4.78, 5) is 39.3. The molecule has 184 valence electrons. The summed E-state index contributed by atoms with van der Waals surface area (Å²) in [6.07, 6.45) is 1.43. The molecule has 35 heavy (non-hydrogen) atoms. The van der Waals surface area contributed by atoms with Gasteiger partial charge < -0.3 is 24.8 Å². The lowest BCUT2D eigenvalue weighted by Gasteiger charge is -2.40. The van der Waals surface area contributed by atoms with Gasteiger partial charge in [-0.25, -0.2) is 9.59 Å². The van der Waals surface area contributed by atoms with Gasteiger partial charge in [-0.3, -0.25) is 4.79 Å². The normalized spacial score (nSPS) is 22.0. The molecule has 2 aliphatic carbocycles. The first-order chi connectivity index (χ1) is 16.9. The van der Waals surface area contributed by atoms with E-state index in [0.29, 0.717) is 32.3 Å². The number of benzene rings is 2. The Balaban J connectivity index is 1.25. The number of carboxylic acids is 1. The molecule has 3 aliphatic rings. The maximum absolute atomic E-state index is 13.5. The Labute approximate surface area is 204 Å². The topological polar surface area (TPSA) is 105 Å². The summed E-state index contributed by atoms with van der Waals surface area (Å²) >= 11 is 0. The highest BCUT2D eigenvalue weighted by Crippen LogP contribution is 2.45. The second kappa shape index (κ2) is 9.00. The monoisotopic (exact) mass is 478 g/mol. The molecule has 0 aromatic heterocycles. The van der Waals surface area contributed by atoms with Gasteiger partial charge >= 0.3 is 12.1 Å². The van der Waals surface area contributed by atoms with Crippen molar-refractivity contribution >= 4 is 18.0 Å². The minimum absolute atomic E-state index is 0.0303. The molecule has 0 bridgehead atoms. The first-order valence-electron chi connectivity index (χ1n) is 12.1. The lowest BCUT2D eigenvalue weighted by Crippen LogP contribution is -2.57. The first-order valence-corrected chi connectivity index (χ1v) is 12.1. The Morgan fingerprint density at radius 2 is 1.69 bits per heavy atom. The van der Waals surface area contributed by atoms with E-state index in [2.05, 4.69) is 29.6 Å². The number of nitrogens with one attached hydrogen (secondary N) is 1. The van der Waals surface area contributed by atoms with Gasteiger partial charge in [0.15, 0.2) is 0 Å². The summed E-state index contributed by atoms with van der Waals surface area (Å²) in [7, 11) is 1.53. The van der Waals surface area contributed by atoms with Crippen LogP contribution in [0.15, 0.2) is 48.5 Å². The highest BCUT2D eigenvalue weighted by Gasteiger charge is 2.58. The summed E-state index contributed by atoms with van der Waals surface area (Å²) in [6, 6.07) is 16.2. The number of carboxylic acid groups (broad SMARTS) is 1. The number of nitrogens with zero attached hydrogens (tertiary/aromatic N) is 1. The first kappa shape index (κ1) is 23.4. The molecule has 8 heteroatoms. The van der Waals surface area contributed by atoms with Crippen LogP contribution in [0.25, 0.3) is 11.1 Å². The van der Waals surface area contributed by atoms with Gasteiger partial charge in [0.25, 0.3) is 0 Å². The van der Waals surface area contributed by atoms with Crippen molar-refractivity contribution in [1.82, 2.24) is 10.2 Å². The van der Waals surface area contributed by atoms with E-state index in [4.69, 9.17) is 9.47 Å². The van der Waals surface area contributed by atoms with Gasteiger partial charge in [0.05, 0.1) is 12.0 Å². The van der Waals surface area contributed by atoms with E-state index in [-0.39, 0.29) is 31.6 Å². The number of hydrogen-bond acceptors (Lipinski definition) is 5. The van der Waals surface area contributed by atoms with Crippen molar-refractivity contribution in [2.45, 2.75) is 37.1 Å². The second-order valence-electron chi connectivity index (χ2n) is 9.82. The number of ether oxygens (including phenoxy) is 2. The number of amides is 2. The standard InChI is InChI=1S/C27H30N2O6/c1-29(27(12-13-27)24(31)32)23(30)26(11-6-14-34-17-26)16-28-25(33)35-15-22-20-9-4-2-7-18(20)19-8-3-5-10-21(19)22/h2-5,7-10,22H,6,11-17H2,1H3,(H,28,33)(H,31,32). The average molecular weight is 479 g/mol. The average Bonchev–Trinajstić information content (AvgIpc) is 3.64. The van der Waals surface area contributed by atoms with Crippen LogP contribution >= 0.6 is 0 Å². The van der Waals surface area contributed by atoms with E-state index in [1.807, 2.05) is 24.3 Å². The Morgan fingerprint density at radius 3 is 2.23 bits per heavy atom. The minimum Gasteiger partial charge on any atom is -0.479 e. The van der Waals surface area contributed by atoms with E-state index in [0.717, 1.165) is 22.3 Å². The molecule has 1 aliphatic heterocycles. The number of carbonyl (C=O) groups excluding carboxylic acids is 2. The predicted molar refractivity (Wildman–Crippen MR) is 128 cm³/mol. The molecule has 2 fully saturated rings. The fraction of sp³-hybridized carbons (Fsp3) is 0.444. The van der Waals surface area contributed by atoms with Crippen LogP contribution < -0.4 is 5.32 Å². The summed E-state index contributed by atoms with van der Waals surface area (Å²) in [5.41, 5.74) is 2.39. The summed E-state index contributed by atoms with van der Waals surface area (Å²) < 4.78 is 11.2. The number of fused-ring (bicyclic) bond motifs is 3. The van der Waals surface area contributed by atoms with E-state index in [9.17, 15) is 19.5 Å². The van der Waals surface area contributed by atoms with Gasteiger partial charge in [-0.1, -0.05) is 48.5 Å². The molecule has 1 heterocycles. The molecule has 5 rings (SSSR count). The summed E-state index contributed by atoms with van der Waals surface area (Å²) in [5, 5.41) is 12.4. The number of alkyl carbamates (subject to hydrolysis) is 1. The number of hydrogen-bond donors (Lipinski definition) is 2. The van der Waals surface area contributed by atoms with Gasteiger partial charge in [-0.05, 0) is 47.9 Å². The highest BCUT2D eigenvalue weighted by molar-refractivity contribution is 5.92. The van der Waals surface area contributed by atoms with E-state index in [1.165, 1.54) is 11.9 Å². The van der Waals surface area contributed by atoms with Gasteiger partial charge in [0.2, 0.25) is 5.91 Å². The molecule has 0 radical (unpaired) electrons. The van der Waals surface area contributed by atoms with Crippen molar-refractivity contribution in [2.24, 2.45) is 5.41 Å². The molecule has 1 saturated heterocycles. The summed E-state index contributed by atoms with van der Waals surface area (Å²) in [5.74, 6) is -1.36. The smallest absolute Gasteiger partial charge is 0.407 e. The van der Waals surface area contributed by atoms with Crippen molar-refractivity contribution < 1.29 is 29.0 Å². The van der Waals surface area contributed by atoms with E-state index < -0.39 is 23.0 Å². The fourth-order valence-electron chi connectivity index (χ4n) is 5.49. The van der Waals surface area contributed by atoms with Crippen molar-refractivity contribution in [3.63, 3.8) is 0 Å². The SMILES string of the molecule is CN(C(=O)C1(CNC(=O)OCC2c3ccccc3-c3ccccc32)CCCOC1)C1(C(=O)O)CC1. The van der Waals surface area contributed by atoms with Gasteiger partial charge in [-0.15, -0.1) is 0 Å². The third-order valence-electron chi connectivity index (χ3n) is 7.76. The largest absolute Gasteiger partial charge is 0.479 e. The van der Waals surface area contributed by atoms with Crippen LogP contribution in [0.2, 0.25) is 0 Å². The Kier molecular flexibility index (Phi) is 6.01. The highest BCUT2D eigenvalue weighted by atomic mass is 16.5. The molecular formula is C27H30N2O6. The third-order valence-corrected chi connectivity index (χ3v) is 7.76. The van der Waals surface area contributed by atoms with Crippen LogP contribution in [0.5, 0.6) is 0 Å². The molecule has 2 amide bonds. The molecule has 1 unspecified atom stereocenters. The zero-order valence-electron chi connectivity index (χ0n) is 19.8. The van der Waals surface area contributed by atoms with Crippen LogP contribution in [0, 0.1) is 5.41 Å². The van der Waals surface area contributed by atoms with Crippen LogP contribution in [0.4, 0.5) is 4.79 Å². The molecule has 2 aromatic rings. The molecule has 1 atom stereocenters. The maximum atomic E-state index is 13.5. The van der Waals surface area contributed by atoms with Crippen molar-refractivity contribution in [3.8, 4) is 11.1 Å². The number of aliphatic carboxylic acids is 1. The predicted octanol–water partition coefficient (Wildman–Crippen LogP) is 3.40. The number of rotatable bonds is 7. The Morgan fingerprint density at radius 1 is 1.06 bits per heavy atom. The van der Waals surface area contributed by atoms with Crippen LogP contribution in [0.3, 0.4) is 0 Å². The molecule has 1 saturated carbocycles. The molecular weight excluding hydrogens is 448 g/mol. The Bertz CT molecular complexity index is 1110. The minimum atomic E-state index is -1.15. The van der Waals surface area contributed by atoms with Crippen molar-refractivity contribution in [2.75, 3.05) is 33.4 Å². The van der Waals surface area contributed by atoms with Gasteiger partial charge in [-0.2, -0.15) is 0 Å². The quantitative estimate of drug-likeness (QED) is 0.632. The molecule has 0 spiro atoms. The lowest BCUT2D eigenvalue weighted by molar-refractivity contribution is -0.160. The van der Waals surface area contributed by atoms with Crippen LogP contribution in [-0.2, 0) is 19.1 Å². The summed E-state index contributed by atoms with van der Waals surface area (Å²) in [6.45, 7) is 0.880. The third kappa shape index (κ3) is 4.05. The van der Waals surface area contributed by atoms with E-state index >= 15 is 0 Å².